The van der Waals surface area contributed by atoms with Gasteiger partial charge in [-0.15, -0.1) is 0 Å². The monoisotopic (exact) mass is 445 g/mol. The van der Waals surface area contributed by atoms with Gasteiger partial charge in [-0.05, 0) is 45.2 Å². The van der Waals surface area contributed by atoms with Crippen LogP contribution in [-0.4, -0.2) is 70.2 Å². The van der Waals surface area contributed by atoms with Crippen molar-refractivity contribution in [2.45, 2.75) is 52.7 Å². The summed E-state index contributed by atoms with van der Waals surface area (Å²) in [5.41, 5.74) is -0.431. The molecule has 0 aromatic carbocycles. The Balaban J connectivity index is 1.76. The first-order valence-corrected chi connectivity index (χ1v) is 11.0. The topological polar surface area (TPSA) is 87.1 Å². The predicted molar refractivity (Wildman–Crippen MR) is 120 cm³/mol. The van der Waals surface area contributed by atoms with Crippen LogP contribution in [0.15, 0.2) is 35.3 Å². The molecule has 0 spiro atoms. The van der Waals surface area contributed by atoms with E-state index in [9.17, 15) is 14.0 Å². The molecule has 174 valence electrons. The molecule has 2 aliphatic heterocycles. The van der Waals surface area contributed by atoms with Crippen LogP contribution in [0.4, 0.5) is 9.18 Å². The highest BCUT2D eigenvalue weighted by molar-refractivity contribution is 6.47. The summed E-state index contributed by atoms with van der Waals surface area (Å²) in [5.74, 6) is -0.307. The molecule has 1 atom stereocenters. The lowest BCUT2D eigenvalue weighted by Gasteiger charge is -2.43. The summed E-state index contributed by atoms with van der Waals surface area (Å²) < 4.78 is 19.6. The number of hydrogen-bond acceptors (Lipinski definition) is 7. The standard InChI is InChI=1S/C23H32FN5O3/c1-15(2)11-16-14-28(9-10-29(16)22(31)32-23(3,4)5)19-13-25-12-18(27-19)20(30)17-7-6-8-26-21(17)24/h6-8,13,15-16,25H,9-12,14H2,1-5H3/t16-/m0/s1. The van der Waals surface area contributed by atoms with E-state index in [1.165, 1.54) is 18.3 Å². The molecular formula is C23H32FN5O3. The molecule has 0 saturated carbocycles. The molecule has 3 heterocycles. The van der Waals surface area contributed by atoms with Gasteiger partial charge >= 0.3 is 6.09 Å². The number of ketones is 1. The van der Waals surface area contributed by atoms with Gasteiger partial charge in [0.1, 0.15) is 17.1 Å². The van der Waals surface area contributed by atoms with Crippen LogP contribution in [0.25, 0.3) is 0 Å². The van der Waals surface area contributed by atoms with Gasteiger partial charge in [0.05, 0.1) is 18.2 Å². The normalized spacial score (nSPS) is 19.3. The van der Waals surface area contributed by atoms with Crippen molar-refractivity contribution >= 4 is 17.6 Å². The SMILES string of the molecule is CC(C)C[C@H]1CN(C2=CNCC(C(=O)c3cccnc3F)=N2)CCN1C(=O)OC(C)(C)C. The Kier molecular flexibility index (Phi) is 7.16. The van der Waals surface area contributed by atoms with Gasteiger partial charge in [0.2, 0.25) is 11.7 Å². The van der Waals surface area contributed by atoms with E-state index >= 15 is 0 Å². The van der Waals surface area contributed by atoms with Crippen LogP contribution in [0.1, 0.15) is 51.4 Å². The summed E-state index contributed by atoms with van der Waals surface area (Å²) in [5, 5.41) is 3.07. The van der Waals surface area contributed by atoms with E-state index in [-0.39, 0.29) is 30.0 Å². The Bertz CT molecular complexity index is 922. The Hall–Kier alpha value is -2.97. The lowest BCUT2D eigenvalue weighted by molar-refractivity contribution is -0.000833. The number of carbonyl (C=O) groups excluding carboxylic acids is 2. The van der Waals surface area contributed by atoms with E-state index in [4.69, 9.17) is 4.74 Å². The van der Waals surface area contributed by atoms with Gasteiger partial charge in [0.15, 0.2) is 0 Å². The molecule has 1 saturated heterocycles. The number of carbonyl (C=O) groups is 2. The van der Waals surface area contributed by atoms with Gasteiger partial charge in [-0.3, -0.25) is 4.79 Å². The lowest BCUT2D eigenvalue weighted by atomic mass is 10.00. The van der Waals surface area contributed by atoms with Gasteiger partial charge in [-0.1, -0.05) is 13.8 Å². The molecule has 0 aliphatic carbocycles. The third-order valence-electron chi connectivity index (χ3n) is 5.19. The number of pyridine rings is 1. The summed E-state index contributed by atoms with van der Waals surface area (Å²) in [6, 6.07) is 2.88. The number of amides is 1. The number of aliphatic imine (C=N–C) groups is 1. The molecule has 1 N–H and O–H groups in total. The first-order chi connectivity index (χ1) is 15.0. The van der Waals surface area contributed by atoms with Crippen LogP contribution >= 0.6 is 0 Å². The molecule has 0 radical (unpaired) electrons. The Morgan fingerprint density at radius 1 is 1.31 bits per heavy atom. The Morgan fingerprint density at radius 2 is 2.06 bits per heavy atom. The Labute approximate surface area is 188 Å². The zero-order valence-electron chi connectivity index (χ0n) is 19.4. The van der Waals surface area contributed by atoms with Gasteiger partial charge in [0, 0.05) is 32.0 Å². The third kappa shape index (κ3) is 5.83. The molecule has 1 aromatic heterocycles. The van der Waals surface area contributed by atoms with Crippen molar-refractivity contribution < 1.29 is 18.7 Å². The zero-order chi connectivity index (χ0) is 23.5. The fraction of sp³-hybridized carbons (Fsp3) is 0.565. The minimum Gasteiger partial charge on any atom is -0.444 e. The maximum absolute atomic E-state index is 14.0. The number of nitrogens with one attached hydrogen (secondary N) is 1. The first-order valence-electron chi connectivity index (χ1n) is 11.0. The van der Waals surface area contributed by atoms with Crippen molar-refractivity contribution in [1.82, 2.24) is 20.1 Å². The van der Waals surface area contributed by atoms with Crippen molar-refractivity contribution in [3.05, 3.63) is 41.9 Å². The summed E-state index contributed by atoms with van der Waals surface area (Å²) in [7, 11) is 0. The summed E-state index contributed by atoms with van der Waals surface area (Å²) in [4.78, 5) is 37.5. The number of nitrogens with zero attached hydrogens (tertiary/aromatic N) is 4. The number of Topliss-reactive ketones (excluding diaryl/α,β-unsaturated/α-hetero) is 1. The summed E-state index contributed by atoms with van der Waals surface area (Å²) >= 11 is 0. The predicted octanol–water partition coefficient (Wildman–Crippen LogP) is 3.21. The molecular weight excluding hydrogens is 413 g/mol. The quantitative estimate of drug-likeness (QED) is 0.553. The number of halogens is 1. The first kappa shape index (κ1) is 23.7. The molecule has 0 bridgehead atoms. The number of ether oxygens (including phenoxy) is 1. The molecule has 1 fully saturated rings. The minimum absolute atomic E-state index is 0.0495. The fourth-order valence-electron chi connectivity index (χ4n) is 3.82. The van der Waals surface area contributed by atoms with Crippen LogP contribution in [-0.2, 0) is 4.74 Å². The van der Waals surface area contributed by atoms with Crippen molar-refractivity contribution in [1.29, 1.82) is 0 Å². The number of rotatable bonds is 5. The second-order valence-electron chi connectivity index (χ2n) is 9.52. The lowest BCUT2D eigenvalue weighted by Crippen LogP contribution is -2.56. The van der Waals surface area contributed by atoms with Gasteiger partial charge < -0.3 is 19.9 Å². The fourth-order valence-corrected chi connectivity index (χ4v) is 3.82. The van der Waals surface area contributed by atoms with Crippen LogP contribution in [0.3, 0.4) is 0 Å². The summed E-state index contributed by atoms with van der Waals surface area (Å²) in [6.07, 6.45) is 3.56. The average Bonchev–Trinajstić information content (AvgIpc) is 2.72. The van der Waals surface area contributed by atoms with E-state index in [1.807, 2.05) is 25.7 Å². The van der Waals surface area contributed by atoms with E-state index in [1.54, 1.807) is 11.1 Å². The van der Waals surface area contributed by atoms with Crippen molar-refractivity contribution in [3.8, 4) is 0 Å². The molecule has 2 aliphatic rings. The molecule has 3 rings (SSSR count). The Morgan fingerprint density at radius 3 is 2.72 bits per heavy atom. The molecule has 0 unspecified atom stereocenters. The molecule has 1 aromatic rings. The van der Waals surface area contributed by atoms with Crippen molar-refractivity contribution in [3.63, 3.8) is 0 Å². The average molecular weight is 446 g/mol. The number of hydrogen-bond donors (Lipinski definition) is 1. The van der Waals surface area contributed by atoms with Crippen LogP contribution < -0.4 is 5.32 Å². The van der Waals surface area contributed by atoms with Crippen LogP contribution in [0.2, 0.25) is 0 Å². The molecule has 9 heteroatoms. The van der Waals surface area contributed by atoms with E-state index in [2.05, 4.69) is 29.1 Å². The smallest absolute Gasteiger partial charge is 0.410 e. The van der Waals surface area contributed by atoms with Crippen molar-refractivity contribution in [2.75, 3.05) is 26.2 Å². The molecule has 8 nitrogen and oxygen atoms in total. The maximum atomic E-state index is 14.0. The van der Waals surface area contributed by atoms with E-state index < -0.39 is 17.3 Å². The van der Waals surface area contributed by atoms with Gasteiger partial charge in [-0.2, -0.15) is 4.39 Å². The highest BCUT2D eigenvalue weighted by Crippen LogP contribution is 2.24. The molecule has 32 heavy (non-hydrogen) atoms. The van der Waals surface area contributed by atoms with Crippen molar-refractivity contribution in [2.24, 2.45) is 10.9 Å². The number of aromatic nitrogens is 1. The van der Waals surface area contributed by atoms with Crippen LogP contribution in [0, 0.1) is 11.9 Å². The highest BCUT2D eigenvalue weighted by Gasteiger charge is 2.35. The van der Waals surface area contributed by atoms with Gasteiger partial charge in [0.25, 0.3) is 0 Å². The largest absolute Gasteiger partial charge is 0.444 e. The number of piperazine rings is 1. The maximum Gasteiger partial charge on any atom is 0.410 e. The summed E-state index contributed by atoms with van der Waals surface area (Å²) in [6.45, 7) is 11.6. The van der Waals surface area contributed by atoms with E-state index in [0.717, 1.165) is 6.42 Å². The highest BCUT2D eigenvalue weighted by atomic mass is 19.1. The second kappa shape index (κ2) is 9.67. The minimum atomic E-state index is -0.806. The third-order valence-corrected chi connectivity index (χ3v) is 5.19. The van der Waals surface area contributed by atoms with Crippen LogP contribution in [0.5, 0.6) is 0 Å². The zero-order valence-corrected chi connectivity index (χ0v) is 19.4. The molecule has 1 amide bonds. The van der Waals surface area contributed by atoms with E-state index in [0.29, 0.717) is 31.4 Å². The van der Waals surface area contributed by atoms with Gasteiger partial charge in [-0.25, -0.2) is 14.8 Å². The second-order valence-corrected chi connectivity index (χ2v) is 9.52.